The number of aliphatic hydroxyl groups excluding tert-OH is 1. The van der Waals surface area contributed by atoms with Crippen LogP contribution in [0.3, 0.4) is 0 Å². The number of carbonyl (C=O) groups is 2. The number of carboxylic acids is 1. The number of aliphatic carboxylic acids is 1. The summed E-state index contributed by atoms with van der Waals surface area (Å²) in [5, 5.41) is 20.2. The SMILES string of the molecule is CN(C)CCN1CCN(C(=O)N[C@H](CCO)C(=O)O)CC1. The molecule has 1 aliphatic heterocycles. The number of hydrogen-bond donors (Lipinski definition) is 3. The molecule has 1 heterocycles. The zero-order valence-corrected chi connectivity index (χ0v) is 12.8. The van der Waals surface area contributed by atoms with E-state index in [0.717, 1.165) is 26.2 Å². The highest BCUT2D eigenvalue weighted by atomic mass is 16.4. The minimum atomic E-state index is -1.12. The van der Waals surface area contributed by atoms with Crippen LogP contribution in [0.2, 0.25) is 0 Å². The number of urea groups is 1. The molecule has 8 nitrogen and oxygen atoms in total. The van der Waals surface area contributed by atoms with Crippen LogP contribution < -0.4 is 5.32 Å². The third-order valence-corrected chi connectivity index (χ3v) is 3.54. The Bertz CT molecular complexity index is 343. The van der Waals surface area contributed by atoms with Crippen LogP contribution in [0.15, 0.2) is 0 Å². The summed E-state index contributed by atoms with van der Waals surface area (Å²) in [6, 6.07) is -1.41. The second-order valence-electron chi connectivity index (χ2n) is 5.48. The molecule has 1 saturated heterocycles. The fourth-order valence-corrected chi connectivity index (χ4v) is 2.14. The summed E-state index contributed by atoms with van der Waals surface area (Å²) in [7, 11) is 4.05. The van der Waals surface area contributed by atoms with Gasteiger partial charge in [0.05, 0.1) is 0 Å². The lowest BCUT2D eigenvalue weighted by molar-refractivity contribution is -0.139. The lowest BCUT2D eigenvalue weighted by Gasteiger charge is -2.35. The quantitative estimate of drug-likeness (QED) is 0.541. The fourth-order valence-electron chi connectivity index (χ4n) is 2.14. The van der Waals surface area contributed by atoms with E-state index in [1.54, 1.807) is 4.90 Å². The van der Waals surface area contributed by atoms with Crippen LogP contribution in [0.25, 0.3) is 0 Å². The highest BCUT2D eigenvalue weighted by Crippen LogP contribution is 2.03. The Morgan fingerprint density at radius 1 is 1.24 bits per heavy atom. The summed E-state index contributed by atoms with van der Waals surface area (Å²) in [6.45, 7) is 4.43. The first-order chi connectivity index (χ1) is 9.93. The predicted octanol–water partition coefficient (Wildman–Crippen LogP) is -1.29. The number of rotatable bonds is 7. The normalized spacial score (nSPS) is 17.8. The van der Waals surface area contributed by atoms with Gasteiger partial charge in [-0.25, -0.2) is 9.59 Å². The van der Waals surface area contributed by atoms with Gasteiger partial charge in [0.1, 0.15) is 6.04 Å². The third kappa shape index (κ3) is 6.28. The first kappa shape index (κ1) is 17.7. The average molecular weight is 302 g/mol. The molecular weight excluding hydrogens is 276 g/mol. The maximum Gasteiger partial charge on any atom is 0.326 e. The Labute approximate surface area is 125 Å². The fraction of sp³-hybridized carbons (Fsp3) is 0.846. The van der Waals surface area contributed by atoms with Crippen molar-refractivity contribution < 1.29 is 19.8 Å². The molecule has 122 valence electrons. The van der Waals surface area contributed by atoms with Gasteiger partial charge in [0.2, 0.25) is 0 Å². The largest absolute Gasteiger partial charge is 0.480 e. The van der Waals surface area contributed by atoms with Gasteiger partial charge in [-0.3, -0.25) is 4.90 Å². The van der Waals surface area contributed by atoms with E-state index in [1.807, 2.05) is 14.1 Å². The molecule has 2 amide bonds. The summed E-state index contributed by atoms with van der Waals surface area (Å²) in [5.74, 6) is -1.12. The zero-order valence-electron chi connectivity index (χ0n) is 12.8. The van der Waals surface area contributed by atoms with E-state index >= 15 is 0 Å². The number of nitrogens with one attached hydrogen (secondary N) is 1. The van der Waals surface area contributed by atoms with Crippen molar-refractivity contribution in [1.82, 2.24) is 20.0 Å². The van der Waals surface area contributed by atoms with Crippen molar-refractivity contribution in [2.45, 2.75) is 12.5 Å². The minimum Gasteiger partial charge on any atom is -0.480 e. The first-order valence-electron chi connectivity index (χ1n) is 7.20. The summed E-state index contributed by atoms with van der Waals surface area (Å²) in [6.07, 6.45) is 0.0177. The zero-order chi connectivity index (χ0) is 15.8. The second kappa shape index (κ2) is 8.81. The molecule has 0 aromatic rings. The van der Waals surface area contributed by atoms with E-state index in [0.29, 0.717) is 13.1 Å². The molecule has 0 unspecified atom stereocenters. The van der Waals surface area contributed by atoms with Crippen molar-refractivity contribution in [2.75, 3.05) is 60.0 Å². The molecule has 0 aliphatic carbocycles. The van der Waals surface area contributed by atoms with Gasteiger partial charge in [0.15, 0.2) is 0 Å². The van der Waals surface area contributed by atoms with E-state index in [9.17, 15) is 9.59 Å². The van der Waals surface area contributed by atoms with E-state index in [4.69, 9.17) is 10.2 Å². The number of carboxylic acid groups (broad SMARTS) is 1. The van der Waals surface area contributed by atoms with Crippen molar-refractivity contribution in [1.29, 1.82) is 0 Å². The number of carbonyl (C=O) groups excluding carboxylic acids is 1. The molecule has 0 aromatic heterocycles. The summed E-state index contributed by atoms with van der Waals surface area (Å²) < 4.78 is 0. The summed E-state index contributed by atoms with van der Waals surface area (Å²) in [4.78, 5) is 29.0. The van der Waals surface area contributed by atoms with Gasteiger partial charge in [-0.2, -0.15) is 0 Å². The molecule has 1 atom stereocenters. The van der Waals surface area contributed by atoms with Gasteiger partial charge in [-0.15, -0.1) is 0 Å². The highest BCUT2D eigenvalue weighted by molar-refractivity contribution is 5.82. The molecule has 1 rings (SSSR count). The molecule has 0 radical (unpaired) electrons. The molecule has 0 aromatic carbocycles. The monoisotopic (exact) mass is 302 g/mol. The molecule has 0 spiro atoms. The van der Waals surface area contributed by atoms with Gasteiger partial charge in [0, 0.05) is 52.3 Å². The van der Waals surface area contributed by atoms with Gasteiger partial charge in [-0.1, -0.05) is 0 Å². The number of piperazine rings is 1. The maximum atomic E-state index is 12.0. The molecular formula is C13H26N4O4. The Balaban J connectivity index is 2.35. The van der Waals surface area contributed by atoms with Crippen LogP contribution in [-0.4, -0.2) is 103 Å². The van der Waals surface area contributed by atoms with Gasteiger partial charge < -0.3 is 25.3 Å². The number of aliphatic hydroxyl groups is 1. The Morgan fingerprint density at radius 3 is 2.33 bits per heavy atom. The number of amides is 2. The number of nitrogens with zero attached hydrogens (tertiary/aromatic N) is 3. The van der Waals surface area contributed by atoms with Crippen LogP contribution in [0, 0.1) is 0 Å². The van der Waals surface area contributed by atoms with Gasteiger partial charge in [0.25, 0.3) is 0 Å². The molecule has 1 aliphatic rings. The highest BCUT2D eigenvalue weighted by Gasteiger charge is 2.25. The van der Waals surface area contributed by atoms with Crippen molar-refractivity contribution in [3.63, 3.8) is 0 Å². The third-order valence-electron chi connectivity index (χ3n) is 3.54. The lowest BCUT2D eigenvalue weighted by atomic mass is 10.2. The molecule has 0 bridgehead atoms. The average Bonchev–Trinajstić information content (AvgIpc) is 2.45. The van der Waals surface area contributed by atoms with Crippen molar-refractivity contribution in [3.8, 4) is 0 Å². The summed E-state index contributed by atoms with van der Waals surface area (Å²) >= 11 is 0. The van der Waals surface area contributed by atoms with Crippen LogP contribution in [0.5, 0.6) is 0 Å². The maximum absolute atomic E-state index is 12.0. The lowest BCUT2D eigenvalue weighted by Crippen LogP contribution is -2.55. The topological polar surface area (TPSA) is 96.4 Å². The Hall–Kier alpha value is -1.38. The molecule has 3 N–H and O–H groups in total. The van der Waals surface area contributed by atoms with E-state index in [2.05, 4.69) is 15.1 Å². The number of hydrogen-bond acceptors (Lipinski definition) is 5. The van der Waals surface area contributed by atoms with Crippen LogP contribution in [-0.2, 0) is 4.79 Å². The van der Waals surface area contributed by atoms with Crippen molar-refractivity contribution >= 4 is 12.0 Å². The smallest absolute Gasteiger partial charge is 0.326 e. The predicted molar refractivity (Wildman–Crippen MR) is 78.2 cm³/mol. The van der Waals surface area contributed by atoms with Gasteiger partial charge >= 0.3 is 12.0 Å². The van der Waals surface area contributed by atoms with E-state index < -0.39 is 12.0 Å². The second-order valence-corrected chi connectivity index (χ2v) is 5.48. The van der Waals surface area contributed by atoms with Gasteiger partial charge in [-0.05, 0) is 14.1 Å². The van der Waals surface area contributed by atoms with Crippen molar-refractivity contribution in [2.24, 2.45) is 0 Å². The Morgan fingerprint density at radius 2 is 1.86 bits per heavy atom. The molecule has 8 heteroatoms. The first-order valence-corrected chi connectivity index (χ1v) is 7.20. The molecule has 1 fully saturated rings. The Kier molecular flexibility index (Phi) is 7.41. The van der Waals surface area contributed by atoms with E-state index in [-0.39, 0.29) is 19.1 Å². The standard InChI is InChI=1S/C13H26N4O4/c1-15(2)4-5-16-6-8-17(9-7-16)13(21)14-11(3-10-18)12(19)20/h11,18H,3-10H2,1-2H3,(H,14,21)(H,19,20)/t11-/m1/s1. The minimum absolute atomic E-state index is 0.0177. The van der Waals surface area contributed by atoms with E-state index in [1.165, 1.54) is 0 Å². The molecule has 21 heavy (non-hydrogen) atoms. The van der Waals surface area contributed by atoms with Crippen LogP contribution >= 0.6 is 0 Å². The van der Waals surface area contributed by atoms with Crippen LogP contribution in [0.4, 0.5) is 4.79 Å². The molecule has 0 saturated carbocycles. The van der Waals surface area contributed by atoms with Crippen molar-refractivity contribution in [3.05, 3.63) is 0 Å². The summed E-state index contributed by atoms with van der Waals surface area (Å²) in [5.41, 5.74) is 0. The van der Waals surface area contributed by atoms with Crippen LogP contribution in [0.1, 0.15) is 6.42 Å². The number of likely N-dealkylation sites (N-methyl/N-ethyl adjacent to an activating group) is 1.